The van der Waals surface area contributed by atoms with Crippen LogP contribution in [0.1, 0.15) is 19.3 Å². The molecule has 3 heteroatoms. The highest BCUT2D eigenvalue weighted by Gasteiger charge is 2.26. The fourth-order valence-electron chi connectivity index (χ4n) is 0.511. The first kappa shape index (κ1) is 7.38. The summed E-state index contributed by atoms with van der Waals surface area (Å²) >= 11 is 0. The van der Waals surface area contributed by atoms with Gasteiger partial charge >= 0.3 is 6.16 Å². The largest absolute Gasteiger partial charge is 0.508 e. The number of ether oxygens (including phenoxy) is 2. The van der Waals surface area contributed by atoms with Gasteiger partial charge in [-0.25, -0.2) is 4.79 Å². The maximum atomic E-state index is 10.6. The van der Waals surface area contributed by atoms with Gasteiger partial charge in [0.1, 0.15) is 6.10 Å². The normalized spacial score (nSPS) is 16.5. The maximum Gasteiger partial charge on any atom is 0.508 e. The molecule has 1 aliphatic rings. The Morgan fingerprint density at radius 2 is 2.30 bits per heavy atom. The molecule has 0 spiro atoms. The summed E-state index contributed by atoms with van der Waals surface area (Å²) in [5.41, 5.74) is 0. The Kier molecular flexibility index (Phi) is 2.54. The Morgan fingerprint density at radius 3 is 2.80 bits per heavy atom. The van der Waals surface area contributed by atoms with Crippen LogP contribution in [-0.2, 0) is 9.47 Å². The van der Waals surface area contributed by atoms with Gasteiger partial charge in [-0.2, -0.15) is 0 Å². The van der Waals surface area contributed by atoms with Crippen LogP contribution in [0.3, 0.4) is 0 Å². The Labute approximate surface area is 60.3 Å². The molecular formula is C7H11O3. The summed E-state index contributed by atoms with van der Waals surface area (Å²) in [4.78, 5) is 10.6. The number of hydrogen-bond acceptors (Lipinski definition) is 3. The topological polar surface area (TPSA) is 35.5 Å². The molecule has 1 fully saturated rings. The number of hydrogen-bond donors (Lipinski definition) is 0. The summed E-state index contributed by atoms with van der Waals surface area (Å²) < 4.78 is 9.39. The van der Waals surface area contributed by atoms with Gasteiger partial charge in [-0.1, -0.05) is 0 Å². The van der Waals surface area contributed by atoms with Crippen LogP contribution in [0.4, 0.5) is 4.79 Å². The predicted octanol–water partition coefficient (Wildman–Crippen LogP) is 1.53. The standard InChI is InChI=1S/C7H11O3/c1-2-5-9-7(8)10-6-3-4-6/h6H,1-5H2. The fraction of sp³-hybridized carbons (Fsp3) is 0.714. The molecule has 1 aliphatic carbocycles. The zero-order chi connectivity index (χ0) is 7.40. The van der Waals surface area contributed by atoms with Crippen LogP contribution in [0.15, 0.2) is 0 Å². The van der Waals surface area contributed by atoms with Crippen LogP contribution in [0.5, 0.6) is 0 Å². The molecule has 10 heavy (non-hydrogen) atoms. The highest BCUT2D eigenvalue weighted by Crippen LogP contribution is 2.23. The summed E-state index contributed by atoms with van der Waals surface area (Å²) in [5.74, 6) is 0. The SMILES string of the molecule is [CH2]CCOC(=O)OC1CC1. The van der Waals surface area contributed by atoms with Crippen molar-refractivity contribution in [3.63, 3.8) is 0 Å². The van der Waals surface area contributed by atoms with Crippen molar-refractivity contribution in [2.75, 3.05) is 6.61 Å². The minimum Gasteiger partial charge on any atom is -0.434 e. The van der Waals surface area contributed by atoms with Crippen LogP contribution < -0.4 is 0 Å². The van der Waals surface area contributed by atoms with Crippen LogP contribution in [0.25, 0.3) is 0 Å². The average molecular weight is 143 g/mol. The van der Waals surface area contributed by atoms with E-state index in [0.29, 0.717) is 13.0 Å². The van der Waals surface area contributed by atoms with E-state index in [2.05, 4.69) is 11.7 Å². The minimum atomic E-state index is -0.550. The zero-order valence-electron chi connectivity index (χ0n) is 5.84. The average Bonchev–Trinajstić information content (AvgIpc) is 2.67. The van der Waals surface area contributed by atoms with Gasteiger partial charge in [0.05, 0.1) is 6.61 Å². The Bertz CT molecular complexity index is 118. The van der Waals surface area contributed by atoms with Crippen molar-refractivity contribution in [1.29, 1.82) is 0 Å². The molecule has 0 N–H and O–H groups in total. The first-order valence-corrected chi connectivity index (χ1v) is 3.45. The monoisotopic (exact) mass is 143 g/mol. The summed E-state index contributed by atoms with van der Waals surface area (Å²) in [6, 6.07) is 0. The second-order valence-electron chi connectivity index (χ2n) is 2.27. The molecule has 3 nitrogen and oxygen atoms in total. The van der Waals surface area contributed by atoms with Gasteiger partial charge in [0, 0.05) is 0 Å². The minimum absolute atomic E-state index is 0.136. The lowest BCUT2D eigenvalue weighted by molar-refractivity contribution is 0.0509. The van der Waals surface area contributed by atoms with Gasteiger partial charge in [-0.05, 0) is 26.2 Å². The molecule has 0 atom stereocenters. The molecule has 0 bridgehead atoms. The van der Waals surface area contributed by atoms with E-state index in [4.69, 9.17) is 4.74 Å². The van der Waals surface area contributed by atoms with Crippen LogP contribution >= 0.6 is 0 Å². The highest BCUT2D eigenvalue weighted by atomic mass is 16.7. The van der Waals surface area contributed by atoms with E-state index < -0.39 is 6.16 Å². The molecule has 1 rings (SSSR count). The molecule has 1 saturated carbocycles. The number of rotatable bonds is 3. The highest BCUT2D eigenvalue weighted by molar-refractivity contribution is 5.60. The van der Waals surface area contributed by atoms with Crippen molar-refractivity contribution in [2.45, 2.75) is 25.4 Å². The first-order chi connectivity index (χ1) is 4.83. The van der Waals surface area contributed by atoms with Crippen LogP contribution in [0.2, 0.25) is 0 Å². The third kappa shape index (κ3) is 2.71. The molecule has 0 aromatic heterocycles. The molecule has 0 aromatic rings. The summed E-state index contributed by atoms with van der Waals surface area (Å²) in [7, 11) is 0. The van der Waals surface area contributed by atoms with Crippen LogP contribution in [0, 0.1) is 6.92 Å². The van der Waals surface area contributed by atoms with E-state index in [-0.39, 0.29) is 6.10 Å². The summed E-state index contributed by atoms with van der Waals surface area (Å²) in [5, 5.41) is 0. The van der Waals surface area contributed by atoms with Gasteiger partial charge in [0.15, 0.2) is 0 Å². The van der Waals surface area contributed by atoms with E-state index >= 15 is 0 Å². The first-order valence-electron chi connectivity index (χ1n) is 3.45. The summed E-state index contributed by atoms with van der Waals surface area (Å²) in [6.07, 6.45) is 2.15. The van der Waals surface area contributed by atoms with Crippen molar-refractivity contribution < 1.29 is 14.3 Å². The van der Waals surface area contributed by atoms with Gasteiger partial charge in [-0.3, -0.25) is 0 Å². The fourth-order valence-corrected chi connectivity index (χ4v) is 0.511. The predicted molar refractivity (Wildman–Crippen MR) is 35.4 cm³/mol. The molecule has 0 heterocycles. The lowest BCUT2D eigenvalue weighted by atomic mass is 10.5. The van der Waals surface area contributed by atoms with Gasteiger partial charge in [0.2, 0.25) is 0 Å². The third-order valence-electron chi connectivity index (χ3n) is 1.15. The quantitative estimate of drug-likeness (QED) is 0.562. The van der Waals surface area contributed by atoms with Crippen molar-refractivity contribution in [2.24, 2.45) is 0 Å². The van der Waals surface area contributed by atoms with Gasteiger partial charge < -0.3 is 9.47 Å². The number of carbonyl (C=O) groups is 1. The van der Waals surface area contributed by atoms with Crippen molar-refractivity contribution >= 4 is 6.16 Å². The zero-order valence-corrected chi connectivity index (χ0v) is 5.84. The second-order valence-corrected chi connectivity index (χ2v) is 2.27. The van der Waals surface area contributed by atoms with E-state index in [9.17, 15) is 4.79 Å². The van der Waals surface area contributed by atoms with Crippen molar-refractivity contribution in [3.05, 3.63) is 6.92 Å². The summed E-state index contributed by atoms with van der Waals surface area (Å²) in [6.45, 7) is 3.87. The lowest BCUT2D eigenvalue weighted by Crippen LogP contribution is -2.08. The molecule has 0 aliphatic heterocycles. The Morgan fingerprint density at radius 1 is 1.60 bits per heavy atom. The lowest BCUT2D eigenvalue weighted by Gasteiger charge is -2.01. The molecule has 0 aromatic carbocycles. The van der Waals surface area contributed by atoms with Crippen molar-refractivity contribution in [3.8, 4) is 0 Å². The van der Waals surface area contributed by atoms with Gasteiger partial charge in [-0.15, -0.1) is 0 Å². The Hall–Kier alpha value is -0.730. The maximum absolute atomic E-state index is 10.6. The molecule has 57 valence electrons. The van der Waals surface area contributed by atoms with Gasteiger partial charge in [0.25, 0.3) is 0 Å². The Balaban J connectivity index is 1.97. The number of carbonyl (C=O) groups excluding carboxylic acids is 1. The second kappa shape index (κ2) is 3.44. The molecule has 0 saturated heterocycles. The van der Waals surface area contributed by atoms with E-state index in [1.54, 1.807) is 0 Å². The molecule has 0 unspecified atom stereocenters. The van der Waals surface area contributed by atoms with E-state index in [0.717, 1.165) is 12.8 Å². The third-order valence-corrected chi connectivity index (χ3v) is 1.15. The smallest absolute Gasteiger partial charge is 0.434 e. The molecule has 1 radical (unpaired) electrons. The molecule has 0 amide bonds. The molecular weight excluding hydrogens is 132 g/mol. The van der Waals surface area contributed by atoms with E-state index in [1.165, 1.54) is 0 Å². The van der Waals surface area contributed by atoms with Crippen molar-refractivity contribution in [1.82, 2.24) is 0 Å². The van der Waals surface area contributed by atoms with Crippen LogP contribution in [-0.4, -0.2) is 18.9 Å². The van der Waals surface area contributed by atoms with E-state index in [1.807, 2.05) is 0 Å².